The number of aliphatic imine (C=N–C) groups is 1. The number of rotatable bonds is 6. The standard InChI is InChI=1S/C21H18N2O8/c1-28-17(24)13-7-5-6-12(16(13)19(26)30-3)8-9-15-14(18(25)29-2)10-23-21(15,11-22)20(27)31-4/h5-10H,1-4H3/b9-8-. The van der Waals surface area contributed by atoms with E-state index in [1.54, 1.807) is 6.07 Å². The summed E-state index contributed by atoms with van der Waals surface area (Å²) in [5.74, 6) is -3.43. The molecule has 0 radical (unpaired) electrons. The number of nitrogens with zero attached hydrogens (tertiary/aromatic N) is 2. The quantitative estimate of drug-likeness (QED) is 0.485. The predicted molar refractivity (Wildman–Crippen MR) is 106 cm³/mol. The number of carbonyl (C=O) groups is 4. The zero-order chi connectivity index (χ0) is 23.2. The molecule has 2 rings (SSSR count). The Kier molecular flexibility index (Phi) is 7.05. The van der Waals surface area contributed by atoms with Gasteiger partial charge in [0.05, 0.1) is 45.1 Å². The fraction of sp³-hybridized carbons (Fsp3) is 0.238. The first-order chi connectivity index (χ1) is 14.8. The molecule has 31 heavy (non-hydrogen) atoms. The Balaban J connectivity index is 2.72. The Morgan fingerprint density at radius 3 is 2.13 bits per heavy atom. The normalized spacial score (nSPS) is 17.3. The fourth-order valence-electron chi connectivity index (χ4n) is 2.92. The van der Waals surface area contributed by atoms with E-state index in [0.717, 1.165) is 34.7 Å². The first-order valence-corrected chi connectivity index (χ1v) is 8.66. The van der Waals surface area contributed by atoms with Gasteiger partial charge in [0.2, 0.25) is 0 Å². The minimum atomic E-state index is -2.14. The van der Waals surface area contributed by atoms with Crippen molar-refractivity contribution >= 4 is 36.2 Å². The van der Waals surface area contributed by atoms with Crippen molar-refractivity contribution in [3.05, 3.63) is 52.1 Å². The highest BCUT2D eigenvalue weighted by Gasteiger charge is 2.48. The number of nitriles is 1. The van der Waals surface area contributed by atoms with E-state index in [0.29, 0.717) is 0 Å². The predicted octanol–water partition coefficient (Wildman–Crippen LogP) is 1.26. The third-order valence-corrected chi connectivity index (χ3v) is 4.44. The van der Waals surface area contributed by atoms with E-state index in [1.165, 1.54) is 30.4 Å². The molecule has 0 amide bonds. The molecule has 0 aliphatic carbocycles. The maximum Gasteiger partial charge on any atom is 0.353 e. The Morgan fingerprint density at radius 2 is 1.58 bits per heavy atom. The van der Waals surface area contributed by atoms with Crippen LogP contribution >= 0.6 is 0 Å². The van der Waals surface area contributed by atoms with Crippen molar-refractivity contribution in [3.63, 3.8) is 0 Å². The monoisotopic (exact) mass is 426 g/mol. The van der Waals surface area contributed by atoms with Crippen molar-refractivity contribution in [1.82, 2.24) is 0 Å². The lowest BCUT2D eigenvalue weighted by Crippen LogP contribution is -2.36. The van der Waals surface area contributed by atoms with Gasteiger partial charge in [-0.2, -0.15) is 5.26 Å². The second-order valence-electron chi connectivity index (χ2n) is 5.98. The number of benzene rings is 1. The van der Waals surface area contributed by atoms with E-state index in [4.69, 9.17) is 14.2 Å². The Bertz CT molecular complexity index is 1080. The highest BCUT2D eigenvalue weighted by atomic mass is 16.5. The SMILES string of the molecule is COC(=O)C1=C(/C=C\c2cccc(C(=O)OC)c2C(=O)OC)C(C#N)(C(=O)OC)N=C1. The van der Waals surface area contributed by atoms with E-state index >= 15 is 0 Å². The van der Waals surface area contributed by atoms with Crippen LogP contribution < -0.4 is 0 Å². The van der Waals surface area contributed by atoms with Crippen LogP contribution in [0.1, 0.15) is 26.3 Å². The van der Waals surface area contributed by atoms with E-state index in [-0.39, 0.29) is 27.8 Å². The van der Waals surface area contributed by atoms with Crippen LogP contribution in [0.4, 0.5) is 0 Å². The van der Waals surface area contributed by atoms with Crippen LogP contribution in [-0.2, 0) is 28.5 Å². The van der Waals surface area contributed by atoms with Crippen molar-refractivity contribution in [2.24, 2.45) is 4.99 Å². The third-order valence-electron chi connectivity index (χ3n) is 4.44. The van der Waals surface area contributed by atoms with Gasteiger partial charge in [0, 0.05) is 11.8 Å². The smallest absolute Gasteiger partial charge is 0.353 e. The van der Waals surface area contributed by atoms with Crippen LogP contribution in [0.15, 0.2) is 40.4 Å². The van der Waals surface area contributed by atoms with E-state index in [1.807, 2.05) is 0 Å². The van der Waals surface area contributed by atoms with E-state index in [9.17, 15) is 24.4 Å². The number of methoxy groups -OCH3 is 4. The average molecular weight is 426 g/mol. The molecule has 1 atom stereocenters. The maximum atomic E-state index is 12.3. The summed E-state index contributed by atoms with van der Waals surface area (Å²) in [5, 5.41) is 9.67. The molecule has 1 heterocycles. The van der Waals surface area contributed by atoms with Crippen molar-refractivity contribution in [2.45, 2.75) is 5.54 Å². The van der Waals surface area contributed by atoms with Crippen LogP contribution in [0.25, 0.3) is 6.08 Å². The number of ether oxygens (including phenoxy) is 4. The van der Waals surface area contributed by atoms with Crippen LogP contribution in [0, 0.1) is 11.3 Å². The van der Waals surface area contributed by atoms with Gasteiger partial charge < -0.3 is 18.9 Å². The van der Waals surface area contributed by atoms with Crippen molar-refractivity contribution < 1.29 is 38.1 Å². The molecule has 1 aromatic carbocycles. The van der Waals surface area contributed by atoms with E-state index in [2.05, 4.69) is 9.73 Å². The molecular formula is C21H18N2O8. The highest BCUT2D eigenvalue weighted by molar-refractivity contribution is 6.16. The molecule has 1 aliphatic heterocycles. The molecule has 0 N–H and O–H groups in total. The molecule has 0 bridgehead atoms. The molecule has 0 saturated carbocycles. The van der Waals surface area contributed by atoms with Gasteiger partial charge in [0.25, 0.3) is 5.54 Å². The van der Waals surface area contributed by atoms with Crippen molar-refractivity contribution in [2.75, 3.05) is 28.4 Å². The summed E-state index contributed by atoms with van der Waals surface area (Å²) in [7, 11) is 4.51. The Morgan fingerprint density at radius 1 is 0.935 bits per heavy atom. The molecule has 1 unspecified atom stereocenters. The summed E-state index contributed by atoms with van der Waals surface area (Å²) < 4.78 is 18.8. The lowest BCUT2D eigenvalue weighted by molar-refractivity contribution is -0.143. The van der Waals surface area contributed by atoms with Gasteiger partial charge in [0.15, 0.2) is 0 Å². The number of hydrogen-bond donors (Lipinski definition) is 0. The molecule has 0 saturated heterocycles. The van der Waals surface area contributed by atoms with E-state index < -0.39 is 29.4 Å². The van der Waals surface area contributed by atoms with Gasteiger partial charge in [-0.25, -0.2) is 19.2 Å². The zero-order valence-electron chi connectivity index (χ0n) is 17.1. The second-order valence-corrected chi connectivity index (χ2v) is 5.98. The number of carbonyl (C=O) groups excluding carboxylic acids is 4. The van der Waals surface area contributed by atoms with Crippen molar-refractivity contribution in [3.8, 4) is 6.07 Å². The Hall–Kier alpha value is -4.26. The summed E-state index contributed by atoms with van der Waals surface area (Å²) in [6, 6.07) is 6.12. The number of esters is 4. The summed E-state index contributed by atoms with van der Waals surface area (Å²) in [6.07, 6.45) is 3.63. The first-order valence-electron chi connectivity index (χ1n) is 8.66. The van der Waals surface area contributed by atoms with Gasteiger partial charge in [-0.1, -0.05) is 24.3 Å². The summed E-state index contributed by atoms with van der Waals surface area (Å²) in [5.41, 5.74) is -2.36. The average Bonchev–Trinajstić information content (AvgIpc) is 3.19. The Labute approximate surface area is 177 Å². The molecule has 1 aromatic rings. The molecule has 1 aliphatic rings. The fourth-order valence-corrected chi connectivity index (χ4v) is 2.92. The van der Waals surface area contributed by atoms with Gasteiger partial charge in [-0.15, -0.1) is 0 Å². The minimum absolute atomic E-state index is 0.0548. The molecule has 10 nitrogen and oxygen atoms in total. The summed E-state index contributed by atoms with van der Waals surface area (Å²) in [6.45, 7) is 0. The lowest BCUT2D eigenvalue weighted by Gasteiger charge is -2.17. The van der Waals surface area contributed by atoms with Crippen LogP contribution in [-0.4, -0.2) is 64.1 Å². The van der Waals surface area contributed by atoms with Crippen LogP contribution in [0.2, 0.25) is 0 Å². The molecule has 0 aromatic heterocycles. The lowest BCUT2D eigenvalue weighted by atomic mass is 9.89. The summed E-state index contributed by atoms with van der Waals surface area (Å²) in [4.78, 5) is 52.8. The molecule has 160 valence electrons. The first kappa shape index (κ1) is 23.0. The highest BCUT2D eigenvalue weighted by Crippen LogP contribution is 2.33. The molecular weight excluding hydrogens is 408 g/mol. The zero-order valence-corrected chi connectivity index (χ0v) is 17.1. The van der Waals surface area contributed by atoms with Crippen LogP contribution in [0.5, 0.6) is 0 Å². The molecule has 0 fully saturated rings. The van der Waals surface area contributed by atoms with Crippen molar-refractivity contribution in [1.29, 1.82) is 5.26 Å². The van der Waals surface area contributed by atoms with Gasteiger partial charge >= 0.3 is 23.9 Å². The van der Waals surface area contributed by atoms with Gasteiger partial charge in [0.1, 0.15) is 6.07 Å². The number of hydrogen-bond acceptors (Lipinski definition) is 10. The topological polar surface area (TPSA) is 141 Å². The van der Waals surface area contributed by atoms with Crippen LogP contribution in [0.3, 0.4) is 0 Å². The second kappa shape index (κ2) is 9.49. The molecule has 0 spiro atoms. The largest absolute Gasteiger partial charge is 0.466 e. The molecule has 10 heteroatoms. The third kappa shape index (κ3) is 4.06. The maximum absolute atomic E-state index is 12.3. The van der Waals surface area contributed by atoms with Gasteiger partial charge in [-0.3, -0.25) is 4.99 Å². The van der Waals surface area contributed by atoms with Gasteiger partial charge in [-0.05, 0) is 11.6 Å². The summed E-state index contributed by atoms with van der Waals surface area (Å²) >= 11 is 0. The minimum Gasteiger partial charge on any atom is -0.466 e.